The van der Waals surface area contributed by atoms with E-state index in [-0.39, 0.29) is 0 Å². The van der Waals surface area contributed by atoms with Crippen molar-refractivity contribution in [2.75, 3.05) is 5.75 Å². The molecule has 0 aliphatic heterocycles. The number of aryl methyl sites for hydroxylation is 2. The highest BCUT2D eigenvalue weighted by atomic mass is 79.9. The van der Waals surface area contributed by atoms with E-state index in [1.54, 1.807) is 0 Å². The van der Waals surface area contributed by atoms with Gasteiger partial charge in [0, 0.05) is 15.8 Å². The van der Waals surface area contributed by atoms with Gasteiger partial charge in [0.25, 0.3) is 0 Å². The molecule has 0 aliphatic carbocycles. The summed E-state index contributed by atoms with van der Waals surface area (Å²) in [4.78, 5) is 9.56. The fourth-order valence-corrected chi connectivity index (χ4v) is 3.62. The maximum atomic E-state index is 4.78. The summed E-state index contributed by atoms with van der Waals surface area (Å²) in [6.07, 6.45) is 0.835. The van der Waals surface area contributed by atoms with E-state index in [1.165, 1.54) is 21.6 Å². The molecule has 0 bridgehead atoms. The summed E-state index contributed by atoms with van der Waals surface area (Å²) in [7, 11) is 0. The zero-order valence-corrected chi connectivity index (χ0v) is 15.4. The number of hydrogen-bond acceptors (Lipinski definition) is 2. The predicted molar refractivity (Wildman–Crippen MR) is 98.9 cm³/mol. The summed E-state index contributed by atoms with van der Waals surface area (Å²) in [5, 5.41) is 0. The van der Waals surface area contributed by atoms with Crippen LogP contribution in [0.3, 0.4) is 0 Å². The second-order valence-electron chi connectivity index (χ2n) is 5.47. The first kappa shape index (κ1) is 15.6. The maximum Gasteiger partial charge on any atom is 0.111 e. The molecule has 0 saturated carbocycles. The van der Waals surface area contributed by atoms with Gasteiger partial charge in [-0.15, -0.1) is 11.8 Å². The predicted octanol–water partition coefficient (Wildman–Crippen LogP) is 5.65. The van der Waals surface area contributed by atoms with Crippen LogP contribution in [-0.4, -0.2) is 15.7 Å². The molecular weight excluding hydrogens is 356 g/mol. The fourth-order valence-electron chi connectivity index (χ4n) is 2.65. The van der Waals surface area contributed by atoms with Crippen molar-refractivity contribution in [2.24, 2.45) is 0 Å². The third-order valence-electron chi connectivity index (χ3n) is 3.78. The maximum absolute atomic E-state index is 4.78. The Hall–Kier alpha value is -1.26. The Bertz CT molecular complexity index is 806. The van der Waals surface area contributed by atoms with Gasteiger partial charge in [0.2, 0.25) is 0 Å². The lowest BCUT2D eigenvalue weighted by atomic mass is 10.1. The molecule has 4 heteroatoms. The largest absolute Gasteiger partial charge is 0.342 e. The highest BCUT2D eigenvalue weighted by molar-refractivity contribution is 9.10. The zero-order valence-electron chi connectivity index (χ0n) is 13.0. The lowest BCUT2D eigenvalue weighted by molar-refractivity contribution is 1.03. The molecule has 2 nitrogen and oxygen atoms in total. The molecule has 3 aromatic rings. The van der Waals surface area contributed by atoms with E-state index in [4.69, 9.17) is 4.98 Å². The van der Waals surface area contributed by atoms with Gasteiger partial charge in [0.05, 0.1) is 11.0 Å². The molecule has 2 aromatic carbocycles. The minimum Gasteiger partial charge on any atom is -0.342 e. The van der Waals surface area contributed by atoms with E-state index in [1.807, 2.05) is 11.8 Å². The van der Waals surface area contributed by atoms with Crippen LogP contribution in [0.1, 0.15) is 29.4 Å². The van der Waals surface area contributed by atoms with Crippen LogP contribution in [0.5, 0.6) is 0 Å². The van der Waals surface area contributed by atoms with Crippen molar-refractivity contribution in [3.05, 3.63) is 57.3 Å². The van der Waals surface area contributed by atoms with Gasteiger partial charge in [0.15, 0.2) is 0 Å². The summed E-state index contributed by atoms with van der Waals surface area (Å²) in [6.45, 7) is 6.40. The molecule has 0 radical (unpaired) electrons. The van der Waals surface area contributed by atoms with Crippen molar-refractivity contribution in [1.82, 2.24) is 9.97 Å². The monoisotopic (exact) mass is 374 g/mol. The van der Waals surface area contributed by atoms with E-state index >= 15 is 0 Å². The van der Waals surface area contributed by atoms with Crippen LogP contribution in [0.15, 0.2) is 39.7 Å². The van der Waals surface area contributed by atoms with Crippen molar-refractivity contribution < 1.29 is 0 Å². The highest BCUT2D eigenvalue weighted by Crippen LogP contribution is 2.28. The van der Waals surface area contributed by atoms with Crippen LogP contribution >= 0.6 is 27.7 Å². The molecule has 0 aliphatic rings. The van der Waals surface area contributed by atoms with Gasteiger partial charge in [-0.05, 0) is 54.5 Å². The number of nitrogens with zero attached hydrogens (tertiary/aromatic N) is 1. The third-order valence-corrected chi connectivity index (χ3v) is 5.89. The number of halogens is 1. The smallest absolute Gasteiger partial charge is 0.111 e. The van der Waals surface area contributed by atoms with Crippen LogP contribution in [0.25, 0.3) is 11.0 Å². The van der Waals surface area contributed by atoms with Crippen molar-refractivity contribution in [3.8, 4) is 0 Å². The molecule has 1 N–H and O–H groups in total. The quantitative estimate of drug-likeness (QED) is 0.598. The van der Waals surface area contributed by atoms with E-state index in [0.717, 1.165) is 33.5 Å². The highest BCUT2D eigenvalue weighted by Gasteiger charge is 2.10. The number of aromatic nitrogens is 2. The Morgan fingerprint density at radius 3 is 2.59 bits per heavy atom. The molecule has 0 amide bonds. The summed E-state index contributed by atoms with van der Waals surface area (Å²) in [6, 6.07) is 10.9. The van der Waals surface area contributed by atoms with Crippen LogP contribution < -0.4 is 0 Å². The molecule has 22 heavy (non-hydrogen) atoms. The minimum atomic E-state index is 0.835. The molecule has 0 spiro atoms. The van der Waals surface area contributed by atoms with Gasteiger partial charge in [-0.2, -0.15) is 0 Å². The van der Waals surface area contributed by atoms with Crippen molar-refractivity contribution in [1.29, 1.82) is 0 Å². The molecule has 3 rings (SSSR count). The van der Waals surface area contributed by atoms with Crippen LogP contribution in [0.4, 0.5) is 0 Å². The fraction of sp³-hybridized carbons (Fsp3) is 0.278. The molecule has 1 heterocycles. The van der Waals surface area contributed by atoms with Gasteiger partial charge in [-0.25, -0.2) is 4.98 Å². The summed E-state index contributed by atoms with van der Waals surface area (Å²) in [5.74, 6) is 2.13. The number of hydrogen-bond donors (Lipinski definition) is 1. The van der Waals surface area contributed by atoms with Crippen molar-refractivity contribution in [3.63, 3.8) is 0 Å². The number of H-pyrrole nitrogens is 1. The average Bonchev–Trinajstić information content (AvgIpc) is 2.90. The van der Waals surface area contributed by atoms with Crippen LogP contribution in [-0.2, 0) is 6.42 Å². The number of nitrogens with one attached hydrogen (secondary N) is 1. The van der Waals surface area contributed by atoms with Gasteiger partial charge in [0.1, 0.15) is 5.82 Å². The Morgan fingerprint density at radius 1 is 1.18 bits per heavy atom. The molecule has 1 aromatic heterocycles. The van der Waals surface area contributed by atoms with E-state index < -0.39 is 0 Å². The van der Waals surface area contributed by atoms with Gasteiger partial charge >= 0.3 is 0 Å². The lowest BCUT2D eigenvalue weighted by Crippen LogP contribution is -1.90. The number of aromatic amines is 1. The van der Waals surface area contributed by atoms with E-state index in [0.29, 0.717) is 0 Å². The minimum absolute atomic E-state index is 0.835. The number of fused-ring (bicyclic) bond motifs is 1. The number of imidazole rings is 1. The van der Waals surface area contributed by atoms with Gasteiger partial charge in [-0.1, -0.05) is 35.0 Å². The number of rotatable bonds is 4. The molecule has 114 valence electrons. The topological polar surface area (TPSA) is 28.7 Å². The first-order valence-electron chi connectivity index (χ1n) is 7.44. The number of thioether (sulfide) groups is 1. The van der Waals surface area contributed by atoms with Gasteiger partial charge in [-0.3, -0.25) is 0 Å². The zero-order chi connectivity index (χ0) is 15.7. The molecular formula is C18H19BrN2S. The number of benzene rings is 2. The Balaban J connectivity index is 1.89. The van der Waals surface area contributed by atoms with Crippen molar-refractivity contribution in [2.45, 2.75) is 32.1 Å². The molecule has 0 unspecified atom stereocenters. The third kappa shape index (κ3) is 3.08. The molecule has 0 fully saturated rings. The molecule has 0 saturated heterocycles. The standard InChI is InChI=1S/C18H19BrN2S/c1-4-22-14-7-5-13(6-8-14)10-16-20-15-9-11(2)17(19)12(3)18(15)21-16/h5-9H,4,10H2,1-3H3,(H,20,21). The van der Waals surface area contributed by atoms with Crippen LogP contribution in [0, 0.1) is 13.8 Å². The molecule has 0 atom stereocenters. The second kappa shape index (κ2) is 6.47. The van der Waals surface area contributed by atoms with Crippen molar-refractivity contribution >= 4 is 38.7 Å². The summed E-state index contributed by atoms with van der Waals surface area (Å²) < 4.78 is 1.15. The average molecular weight is 375 g/mol. The normalized spacial score (nSPS) is 11.3. The SMILES string of the molecule is CCSc1ccc(Cc2nc3c(C)c(Br)c(C)cc3[nH]2)cc1. The van der Waals surface area contributed by atoms with Crippen LogP contribution in [0.2, 0.25) is 0 Å². The Kier molecular flexibility index (Phi) is 4.59. The Morgan fingerprint density at radius 2 is 1.91 bits per heavy atom. The summed E-state index contributed by atoms with van der Waals surface area (Å²) >= 11 is 5.51. The first-order valence-corrected chi connectivity index (χ1v) is 9.22. The summed E-state index contributed by atoms with van der Waals surface area (Å²) in [5.41, 5.74) is 5.90. The van der Waals surface area contributed by atoms with E-state index in [9.17, 15) is 0 Å². The first-order chi connectivity index (χ1) is 10.6. The lowest BCUT2D eigenvalue weighted by Gasteiger charge is -2.02. The van der Waals surface area contributed by atoms with E-state index in [2.05, 4.69) is 72.0 Å². The van der Waals surface area contributed by atoms with Gasteiger partial charge < -0.3 is 4.98 Å². The second-order valence-corrected chi connectivity index (χ2v) is 7.60. The Labute approximate surface area is 143 Å².